The van der Waals surface area contributed by atoms with Gasteiger partial charge < -0.3 is 20.3 Å². The zero-order valence-corrected chi connectivity index (χ0v) is 21.5. The first kappa shape index (κ1) is 30.2. The van der Waals surface area contributed by atoms with E-state index in [1.165, 1.54) is 13.2 Å². The van der Waals surface area contributed by atoms with E-state index in [0.29, 0.717) is 36.3 Å². The summed E-state index contributed by atoms with van der Waals surface area (Å²) in [6, 6.07) is 4.65. The SMILES string of the molecule is C#C.C#C.CC.COc1cccc2c1C(=O)c1c(O)c3c(c(O)c1C2=O)C[C@@H](C(=O)NCCS)CC3. The van der Waals surface area contributed by atoms with Gasteiger partial charge in [0.15, 0.2) is 5.78 Å². The number of methoxy groups -OCH3 is 1. The minimum atomic E-state index is -0.568. The number of fused-ring (bicyclic) bond motifs is 3. The Bertz CT molecular complexity index is 1180. The van der Waals surface area contributed by atoms with Crippen LogP contribution in [0.4, 0.5) is 0 Å². The van der Waals surface area contributed by atoms with E-state index >= 15 is 0 Å². The van der Waals surface area contributed by atoms with Gasteiger partial charge in [-0.2, -0.15) is 12.6 Å². The Morgan fingerprint density at radius 3 is 2.19 bits per heavy atom. The average Bonchev–Trinajstić information content (AvgIpc) is 2.94. The number of hydrogen-bond acceptors (Lipinski definition) is 7. The summed E-state index contributed by atoms with van der Waals surface area (Å²) < 4.78 is 5.23. The van der Waals surface area contributed by atoms with Crippen molar-refractivity contribution in [1.29, 1.82) is 0 Å². The molecular weight excluding hydrogens is 478 g/mol. The number of nitrogens with one attached hydrogen (secondary N) is 1. The summed E-state index contributed by atoms with van der Waals surface area (Å²) in [5, 5.41) is 24.7. The molecule has 0 spiro atoms. The Labute approximate surface area is 217 Å². The molecule has 2 aromatic rings. The normalized spacial score (nSPS) is 14.5. The van der Waals surface area contributed by atoms with E-state index in [1.54, 1.807) is 12.1 Å². The van der Waals surface area contributed by atoms with Gasteiger partial charge in [-0.1, -0.05) is 26.0 Å². The maximum absolute atomic E-state index is 13.2. The van der Waals surface area contributed by atoms with Gasteiger partial charge >= 0.3 is 0 Å². The second-order valence-electron chi connectivity index (χ2n) is 7.40. The summed E-state index contributed by atoms with van der Waals surface area (Å²) in [4.78, 5) is 38.8. The van der Waals surface area contributed by atoms with Crippen molar-refractivity contribution >= 4 is 30.1 Å². The van der Waals surface area contributed by atoms with E-state index in [-0.39, 0.29) is 51.8 Å². The quantitative estimate of drug-likeness (QED) is 0.243. The molecule has 2 aliphatic carbocycles. The van der Waals surface area contributed by atoms with Gasteiger partial charge in [0.25, 0.3) is 0 Å². The number of ketones is 2. The van der Waals surface area contributed by atoms with Gasteiger partial charge in [0.1, 0.15) is 17.2 Å². The number of thiol groups is 1. The number of rotatable bonds is 4. The van der Waals surface area contributed by atoms with Crippen LogP contribution < -0.4 is 10.1 Å². The van der Waals surface area contributed by atoms with Gasteiger partial charge in [0, 0.05) is 34.9 Å². The number of carbonyl (C=O) groups excluding carboxylic acids is 3. The number of amides is 1. The Balaban J connectivity index is 0.00000101. The molecule has 0 aromatic heterocycles. The summed E-state index contributed by atoms with van der Waals surface area (Å²) in [6.45, 7) is 4.43. The van der Waals surface area contributed by atoms with E-state index in [4.69, 9.17) is 4.74 Å². The molecule has 0 heterocycles. The van der Waals surface area contributed by atoms with Crippen molar-refractivity contribution in [3.8, 4) is 42.9 Å². The second-order valence-corrected chi connectivity index (χ2v) is 7.85. The minimum absolute atomic E-state index is 0.0759. The van der Waals surface area contributed by atoms with Crippen LogP contribution in [0.25, 0.3) is 0 Å². The molecule has 0 saturated carbocycles. The molecule has 4 rings (SSSR count). The van der Waals surface area contributed by atoms with Crippen molar-refractivity contribution in [1.82, 2.24) is 5.32 Å². The molecule has 36 heavy (non-hydrogen) atoms. The van der Waals surface area contributed by atoms with Gasteiger partial charge in [-0.15, -0.1) is 25.7 Å². The Morgan fingerprint density at radius 1 is 1.03 bits per heavy atom. The predicted octanol–water partition coefficient (Wildman–Crippen LogP) is 3.56. The lowest BCUT2D eigenvalue weighted by molar-refractivity contribution is -0.125. The zero-order valence-electron chi connectivity index (χ0n) is 20.6. The first-order valence-electron chi connectivity index (χ1n) is 11.3. The van der Waals surface area contributed by atoms with Gasteiger partial charge in [-0.25, -0.2) is 0 Å². The third kappa shape index (κ3) is 5.35. The number of ether oxygens (including phenoxy) is 1. The standard InChI is InChI=1S/C22H21NO6S.C2H6.2C2H2/c1-29-14-4-2-3-12-15(14)21(27)17-16(19(12)25)20(26)13-9-10(22(28)23-7-8-30)5-6-11(13)18(17)24;3*1-2/h2-4,10,24,26,30H,5-9H2,1H3,(H,23,28);1-2H3;2*1-2H/t10-;;;/m0.../s1. The van der Waals surface area contributed by atoms with Crippen molar-refractivity contribution in [2.45, 2.75) is 33.1 Å². The fourth-order valence-corrected chi connectivity index (χ4v) is 4.47. The largest absolute Gasteiger partial charge is 0.507 e. The first-order valence-corrected chi connectivity index (χ1v) is 11.9. The van der Waals surface area contributed by atoms with Crippen molar-refractivity contribution in [3.05, 3.63) is 51.6 Å². The molecule has 0 radical (unpaired) electrons. The van der Waals surface area contributed by atoms with E-state index in [2.05, 4.69) is 43.6 Å². The zero-order chi connectivity index (χ0) is 27.6. The molecule has 7 nitrogen and oxygen atoms in total. The van der Waals surface area contributed by atoms with E-state index in [0.717, 1.165) is 0 Å². The van der Waals surface area contributed by atoms with Gasteiger partial charge in [0.2, 0.25) is 11.7 Å². The Kier molecular flexibility index (Phi) is 11.6. The molecular formula is C28H31NO6S. The summed E-state index contributed by atoms with van der Waals surface area (Å²) in [7, 11) is 1.39. The third-order valence-corrected chi connectivity index (χ3v) is 6.03. The van der Waals surface area contributed by atoms with Crippen LogP contribution in [0.2, 0.25) is 0 Å². The smallest absolute Gasteiger partial charge is 0.223 e. The van der Waals surface area contributed by atoms with Crippen LogP contribution in [0.5, 0.6) is 17.2 Å². The molecule has 0 bridgehead atoms. The first-order chi connectivity index (χ1) is 17.4. The van der Waals surface area contributed by atoms with Crippen molar-refractivity contribution in [3.63, 3.8) is 0 Å². The van der Waals surface area contributed by atoms with Crippen LogP contribution in [0, 0.1) is 31.6 Å². The summed E-state index contributed by atoms with van der Waals surface area (Å²) in [5.74, 6) is -1.59. The molecule has 3 N–H and O–H groups in total. The van der Waals surface area contributed by atoms with Crippen molar-refractivity contribution in [2.75, 3.05) is 19.4 Å². The number of phenolic OH excluding ortho intramolecular Hbond substituents is 2. The van der Waals surface area contributed by atoms with E-state index in [9.17, 15) is 24.6 Å². The Hall–Kier alpha value is -3.88. The van der Waals surface area contributed by atoms with Crippen LogP contribution in [0.3, 0.4) is 0 Å². The predicted molar refractivity (Wildman–Crippen MR) is 143 cm³/mol. The summed E-state index contributed by atoms with van der Waals surface area (Å²) >= 11 is 4.08. The van der Waals surface area contributed by atoms with Gasteiger partial charge in [0.05, 0.1) is 23.8 Å². The molecule has 190 valence electrons. The number of aromatic hydroxyl groups is 2. The highest BCUT2D eigenvalue weighted by Gasteiger charge is 2.41. The molecule has 2 aromatic carbocycles. The maximum Gasteiger partial charge on any atom is 0.223 e. The number of terminal acetylenes is 2. The minimum Gasteiger partial charge on any atom is -0.507 e. The molecule has 0 aliphatic heterocycles. The van der Waals surface area contributed by atoms with Crippen molar-refractivity contribution < 1.29 is 29.3 Å². The number of carbonyl (C=O) groups is 3. The molecule has 0 saturated heterocycles. The number of hydrogen-bond donors (Lipinski definition) is 4. The monoisotopic (exact) mass is 509 g/mol. The number of phenols is 2. The van der Waals surface area contributed by atoms with Crippen LogP contribution in [0.1, 0.15) is 63.2 Å². The highest BCUT2D eigenvalue weighted by Crippen LogP contribution is 2.47. The van der Waals surface area contributed by atoms with E-state index in [1.807, 2.05) is 13.8 Å². The molecule has 0 unspecified atom stereocenters. The number of benzene rings is 2. The summed E-state index contributed by atoms with van der Waals surface area (Å²) in [6.07, 6.45) is 16.9. The van der Waals surface area contributed by atoms with Crippen LogP contribution in [-0.2, 0) is 17.6 Å². The lowest BCUT2D eigenvalue weighted by Crippen LogP contribution is -2.35. The molecule has 1 atom stereocenters. The molecule has 1 amide bonds. The fraction of sp³-hybridized carbons (Fsp3) is 0.321. The van der Waals surface area contributed by atoms with Gasteiger partial charge in [-0.05, 0) is 25.3 Å². The lowest BCUT2D eigenvalue weighted by atomic mass is 9.75. The Morgan fingerprint density at radius 2 is 1.61 bits per heavy atom. The maximum atomic E-state index is 13.2. The van der Waals surface area contributed by atoms with Crippen LogP contribution in [-0.4, -0.2) is 47.1 Å². The fourth-order valence-electron chi connectivity index (χ4n) is 4.35. The van der Waals surface area contributed by atoms with E-state index < -0.39 is 17.5 Å². The molecule has 0 fully saturated rings. The average molecular weight is 510 g/mol. The lowest BCUT2D eigenvalue weighted by Gasteiger charge is -2.29. The van der Waals surface area contributed by atoms with Crippen LogP contribution >= 0.6 is 12.6 Å². The van der Waals surface area contributed by atoms with Crippen molar-refractivity contribution in [2.24, 2.45) is 5.92 Å². The topological polar surface area (TPSA) is 113 Å². The second kappa shape index (κ2) is 13.9. The van der Waals surface area contributed by atoms with Gasteiger partial charge in [-0.3, -0.25) is 14.4 Å². The highest BCUT2D eigenvalue weighted by molar-refractivity contribution is 7.80. The highest BCUT2D eigenvalue weighted by atomic mass is 32.1. The third-order valence-electron chi connectivity index (χ3n) is 5.81. The molecule has 8 heteroatoms. The summed E-state index contributed by atoms with van der Waals surface area (Å²) in [5.41, 5.74) is 0.520. The molecule has 2 aliphatic rings. The van der Waals surface area contributed by atoms with Crippen LogP contribution in [0.15, 0.2) is 18.2 Å².